The van der Waals surface area contributed by atoms with Crippen LogP contribution in [-0.2, 0) is 17.6 Å². The second-order valence-corrected chi connectivity index (χ2v) is 7.33. The first-order valence-corrected chi connectivity index (χ1v) is 9.97. The maximum absolute atomic E-state index is 11.8. The molecule has 0 unspecified atom stereocenters. The van der Waals surface area contributed by atoms with Crippen LogP contribution in [0.1, 0.15) is 49.6 Å². The highest BCUT2D eigenvalue weighted by Crippen LogP contribution is 2.26. The van der Waals surface area contributed by atoms with Crippen LogP contribution in [0.3, 0.4) is 0 Å². The number of thioether (sulfide) groups is 1. The van der Waals surface area contributed by atoms with E-state index in [0.29, 0.717) is 5.75 Å². The van der Waals surface area contributed by atoms with Gasteiger partial charge < -0.3 is 5.32 Å². The SMILES string of the molecule is CCCCNC(=O)CSc1cc(-n2nc(C)c3c2CCCC3)ncn1. The second kappa shape index (κ2) is 8.47. The molecular formula is C18H25N5OS. The Labute approximate surface area is 152 Å². The number of fused-ring (bicyclic) bond motifs is 1. The maximum Gasteiger partial charge on any atom is 0.230 e. The van der Waals surface area contributed by atoms with Crippen LogP contribution in [0.4, 0.5) is 0 Å². The largest absolute Gasteiger partial charge is 0.355 e. The number of rotatable bonds is 7. The standard InChI is InChI=1S/C18H25N5OS/c1-3-4-9-19-17(24)11-25-18-10-16(20-12-21-18)23-15-8-6-5-7-14(15)13(2)22-23/h10,12H,3-9,11H2,1-2H3,(H,19,24). The molecule has 0 radical (unpaired) electrons. The minimum Gasteiger partial charge on any atom is -0.355 e. The van der Waals surface area contributed by atoms with Crippen molar-refractivity contribution in [2.45, 2.75) is 57.4 Å². The third-order valence-electron chi connectivity index (χ3n) is 4.43. The zero-order valence-corrected chi connectivity index (χ0v) is 15.7. The molecule has 1 aliphatic rings. The lowest BCUT2D eigenvalue weighted by molar-refractivity contribution is -0.118. The molecule has 2 heterocycles. The van der Waals surface area contributed by atoms with Gasteiger partial charge in [-0.05, 0) is 44.6 Å². The predicted octanol–water partition coefficient (Wildman–Crippen LogP) is 2.86. The fourth-order valence-corrected chi connectivity index (χ4v) is 3.78. The Morgan fingerprint density at radius 3 is 3.00 bits per heavy atom. The second-order valence-electron chi connectivity index (χ2n) is 6.34. The Kier molecular flexibility index (Phi) is 6.07. The van der Waals surface area contributed by atoms with Gasteiger partial charge in [0.25, 0.3) is 0 Å². The fraction of sp³-hybridized carbons (Fsp3) is 0.556. The molecule has 3 rings (SSSR count). The van der Waals surface area contributed by atoms with Crippen molar-refractivity contribution in [3.63, 3.8) is 0 Å². The molecule has 0 saturated heterocycles. The number of hydrogen-bond donors (Lipinski definition) is 1. The van der Waals surface area contributed by atoms with Gasteiger partial charge in [-0.25, -0.2) is 14.6 Å². The molecule has 2 aromatic rings. The van der Waals surface area contributed by atoms with E-state index < -0.39 is 0 Å². The maximum atomic E-state index is 11.8. The topological polar surface area (TPSA) is 72.7 Å². The molecular weight excluding hydrogens is 334 g/mol. The number of nitrogens with zero attached hydrogens (tertiary/aromatic N) is 4. The molecule has 1 amide bonds. The zero-order chi connectivity index (χ0) is 17.6. The van der Waals surface area contributed by atoms with Crippen LogP contribution in [0.2, 0.25) is 0 Å². The zero-order valence-electron chi connectivity index (χ0n) is 14.9. The van der Waals surface area contributed by atoms with Crippen LogP contribution in [-0.4, -0.2) is 38.0 Å². The smallest absolute Gasteiger partial charge is 0.230 e. The van der Waals surface area contributed by atoms with E-state index in [1.807, 2.05) is 10.7 Å². The number of aromatic nitrogens is 4. The van der Waals surface area contributed by atoms with Crippen molar-refractivity contribution in [3.05, 3.63) is 29.3 Å². The third kappa shape index (κ3) is 4.39. The average Bonchev–Trinajstić information content (AvgIpc) is 2.98. The van der Waals surface area contributed by atoms with E-state index in [1.54, 1.807) is 6.33 Å². The Bertz CT molecular complexity index is 743. The Balaban J connectivity index is 1.69. The van der Waals surface area contributed by atoms with Crippen LogP contribution < -0.4 is 5.32 Å². The summed E-state index contributed by atoms with van der Waals surface area (Å²) in [4.78, 5) is 20.5. The van der Waals surface area contributed by atoms with Crippen molar-refractivity contribution < 1.29 is 4.79 Å². The normalized spacial score (nSPS) is 13.5. The number of hydrogen-bond acceptors (Lipinski definition) is 5. The van der Waals surface area contributed by atoms with E-state index in [9.17, 15) is 4.79 Å². The van der Waals surface area contributed by atoms with Crippen LogP contribution in [0.25, 0.3) is 5.82 Å². The molecule has 0 saturated carbocycles. The van der Waals surface area contributed by atoms with Crippen molar-refractivity contribution in [3.8, 4) is 5.82 Å². The first-order chi connectivity index (χ1) is 12.2. The van der Waals surface area contributed by atoms with Crippen LogP contribution in [0.5, 0.6) is 0 Å². The highest BCUT2D eigenvalue weighted by Gasteiger charge is 2.20. The molecule has 7 heteroatoms. The van der Waals surface area contributed by atoms with Gasteiger partial charge >= 0.3 is 0 Å². The van der Waals surface area contributed by atoms with E-state index in [4.69, 9.17) is 0 Å². The molecule has 2 aromatic heterocycles. The van der Waals surface area contributed by atoms with Crippen molar-refractivity contribution in [2.24, 2.45) is 0 Å². The van der Waals surface area contributed by atoms with Gasteiger partial charge in [-0.3, -0.25) is 4.79 Å². The minimum absolute atomic E-state index is 0.0472. The van der Waals surface area contributed by atoms with Gasteiger partial charge in [0.15, 0.2) is 5.82 Å². The van der Waals surface area contributed by atoms with Crippen molar-refractivity contribution in [1.82, 2.24) is 25.1 Å². The van der Waals surface area contributed by atoms with Crippen molar-refractivity contribution >= 4 is 17.7 Å². The van der Waals surface area contributed by atoms with Gasteiger partial charge in [-0.1, -0.05) is 25.1 Å². The summed E-state index contributed by atoms with van der Waals surface area (Å²) in [5.41, 5.74) is 3.74. The lowest BCUT2D eigenvalue weighted by Crippen LogP contribution is -2.26. The van der Waals surface area contributed by atoms with Gasteiger partial charge in [0.2, 0.25) is 5.91 Å². The summed E-state index contributed by atoms with van der Waals surface area (Å²) >= 11 is 1.44. The molecule has 0 bridgehead atoms. The Morgan fingerprint density at radius 1 is 1.32 bits per heavy atom. The predicted molar refractivity (Wildman–Crippen MR) is 99.2 cm³/mol. The number of amides is 1. The van der Waals surface area contributed by atoms with Crippen LogP contribution in [0.15, 0.2) is 17.4 Å². The van der Waals surface area contributed by atoms with Crippen molar-refractivity contribution in [1.29, 1.82) is 0 Å². The molecule has 0 aliphatic heterocycles. The van der Waals surface area contributed by atoms with Gasteiger partial charge in [-0.15, -0.1) is 0 Å². The molecule has 6 nitrogen and oxygen atoms in total. The number of carbonyl (C=O) groups is 1. The quantitative estimate of drug-likeness (QED) is 0.467. The molecule has 0 aromatic carbocycles. The van der Waals surface area contributed by atoms with Gasteiger partial charge in [0.05, 0.1) is 11.4 Å². The van der Waals surface area contributed by atoms with Crippen molar-refractivity contribution in [2.75, 3.05) is 12.3 Å². The fourth-order valence-electron chi connectivity index (χ4n) is 3.09. The Hall–Kier alpha value is -1.89. The summed E-state index contributed by atoms with van der Waals surface area (Å²) < 4.78 is 1.96. The average molecular weight is 359 g/mol. The first-order valence-electron chi connectivity index (χ1n) is 8.98. The van der Waals surface area contributed by atoms with Crippen LogP contribution >= 0.6 is 11.8 Å². The lowest BCUT2D eigenvalue weighted by Gasteiger charge is -2.13. The van der Waals surface area contributed by atoms with Gasteiger partial charge in [0.1, 0.15) is 11.4 Å². The number of nitrogens with one attached hydrogen (secondary N) is 1. The third-order valence-corrected chi connectivity index (χ3v) is 5.35. The van der Waals surface area contributed by atoms with E-state index in [1.165, 1.54) is 35.9 Å². The summed E-state index contributed by atoms with van der Waals surface area (Å²) in [6, 6.07) is 1.92. The molecule has 0 spiro atoms. The monoisotopic (exact) mass is 359 g/mol. The first kappa shape index (κ1) is 17.9. The highest BCUT2D eigenvalue weighted by atomic mass is 32.2. The molecule has 25 heavy (non-hydrogen) atoms. The minimum atomic E-state index is 0.0472. The highest BCUT2D eigenvalue weighted by molar-refractivity contribution is 7.99. The Morgan fingerprint density at radius 2 is 2.16 bits per heavy atom. The molecule has 1 aliphatic carbocycles. The molecule has 134 valence electrons. The summed E-state index contributed by atoms with van der Waals surface area (Å²) in [5.74, 6) is 1.21. The molecule has 1 N–H and O–H groups in total. The number of unbranched alkanes of at least 4 members (excludes halogenated alkanes) is 1. The lowest BCUT2D eigenvalue weighted by atomic mass is 9.96. The van der Waals surface area contributed by atoms with Gasteiger partial charge in [-0.2, -0.15) is 5.10 Å². The summed E-state index contributed by atoms with van der Waals surface area (Å²) in [6.07, 6.45) is 8.22. The summed E-state index contributed by atoms with van der Waals surface area (Å²) in [6.45, 7) is 4.92. The van der Waals surface area contributed by atoms with E-state index in [0.717, 1.165) is 48.8 Å². The molecule has 0 fully saturated rings. The summed E-state index contributed by atoms with van der Waals surface area (Å²) in [5, 5.41) is 8.41. The molecule has 0 atom stereocenters. The van der Waals surface area contributed by atoms with E-state index in [-0.39, 0.29) is 5.91 Å². The van der Waals surface area contributed by atoms with Crippen LogP contribution in [0, 0.1) is 6.92 Å². The summed E-state index contributed by atoms with van der Waals surface area (Å²) in [7, 11) is 0. The number of aryl methyl sites for hydroxylation is 1. The van der Waals surface area contributed by atoms with E-state index in [2.05, 4.69) is 34.2 Å². The van der Waals surface area contributed by atoms with E-state index >= 15 is 0 Å². The van der Waals surface area contributed by atoms with Gasteiger partial charge in [0, 0.05) is 18.3 Å². The number of carbonyl (C=O) groups excluding carboxylic acids is 1.